The molecule has 0 bridgehead atoms. The largest absolute Gasteiger partial charge is 0.466 e. The summed E-state index contributed by atoms with van der Waals surface area (Å²) in [5.41, 5.74) is 0.405. The standard InChI is InChI=1S/C20H29NO4S/c1-6-24-18(22)15-12-13-21(19(23)25-20(3,4)5)17(15)14-10-8-9-11-16(14)26-7-2/h8-11,15,17H,6-7,12-13H2,1-5H3/t15-,17-/m1/s1. The minimum Gasteiger partial charge on any atom is -0.466 e. The molecule has 1 aliphatic rings. The second-order valence-electron chi connectivity index (χ2n) is 7.24. The molecule has 1 aromatic rings. The molecule has 5 nitrogen and oxygen atoms in total. The molecule has 1 saturated heterocycles. The number of rotatable bonds is 5. The van der Waals surface area contributed by atoms with Crippen LogP contribution in [0.5, 0.6) is 0 Å². The third-order valence-corrected chi connectivity index (χ3v) is 5.12. The molecule has 1 amide bonds. The Bertz CT molecular complexity index is 641. The fourth-order valence-electron chi connectivity index (χ4n) is 3.21. The molecule has 6 heteroatoms. The Morgan fingerprint density at radius 1 is 1.23 bits per heavy atom. The predicted octanol–water partition coefficient (Wildman–Crippen LogP) is 4.66. The van der Waals surface area contributed by atoms with Crippen molar-refractivity contribution in [1.82, 2.24) is 4.90 Å². The molecule has 1 aliphatic heterocycles. The van der Waals surface area contributed by atoms with E-state index < -0.39 is 5.60 Å². The predicted molar refractivity (Wildman–Crippen MR) is 103 cm³/mol. The summed E-state index contributed by atoms with van der Waals surface area (Å²) in [4.78, 5) is 28.1. The van der Waals surface area contributed by atoms with E-state index in [1.54, 1.807) is 23.6 Å². The van der Waals surface area contributed by atoms with Crippen LogP contribution in [0.3, 0.4) is 0 Å². The van der Waals surface area contributed by atoms with Gasteiger partial charge >= 0.3 is 12.1 Å². The van der Waals surface area contributed by atoms with E-state index in [4.69, 9.17) is 9.47 Å². The highest BCUT2D eigenvalue weighted by Crippen LogP contribution is 2.42. The molecule has 2 atom stereocenters. The van der Waals surface area contributed by atoms with Gasteiger partial charge in [-0.3, -0.25) is 4.79 Å². The van der Waals surface area contributed by atoms with Gasteiger partial charge in [0.1, 0.15) is 5.60 Å². The quantitative estimate of drug-likeness (QED) is 0.550. The SMILES string of the molecule is CCOC(=O)[C@@H]1CCN(C(=O)OC(C)(C)C)[C@@H]1c1ccccc1SCC. The summed E-state index contributed by atoms with van der Waals surface area (Å²) in [5, 5.41) is 0. The number of ether oxygens (including phenoxy) is 2. The van der Waals surface area contributed by atoms with Gasteiger partial charge in [0, 0.05) is 11.4 Å². The molecule has 0 radical (unpaired) electrons. The zero-order valence-electron chi connectivity index (χ0n) is 16.3. The fraction of sp³-hybridized carbons (Fsp3) is 0.600. The van der Waals surface area contributed by atoms with Crippen molar-refractivity contribution in [2.24, 2.45) is 5.92 Å². The van der Waals surface area contributed by atoms with Crippen LogP contribution in [-0.2, 0) is 14.3 Å². The first-order chi connectivity index (χ1) is 12.3. The second kappa shape index (κ2) is 8.80. The van der Waals surface area contributed by atoms with E-state index in [1.165, 1.54) is 0 Å². The van der Waals surface area contributed by atoms with Crippen molar-refractivity contribution in [3.05, 3.63) is 29.8 Å². The third kappa shape index (κ3) is 4.93. The molecule has 0 spiro atoms. The van der Waals surface area contributed by atoms with Crippen LogP contribution < -0.4 is 0 Å². The molecule has 144 valence electrons. The summed E-state index contributed by atoms with van der Waals surface area (Å²) in [6.45, 7) is 10.2. The zero-order chi connectivity index (χ0) is 19.3. The van der Waals surface area contributed by atoms with Crippen molar-refractivity contribution in [2.45, 2.75) is 57.6 Å². The van der Waals surface area contributed by atoms with Gasteiger partial charge in [-0.25, -0.2) is 4.79 Å². The first-order valence-corrected chi connectivity index (χ1v) is 10.1. The van der Waals surface area contributed by atoms with Gasteiger partial charge in [0.25, 0.3) is 0 Å². The van der Waals surface area contributed by atoms with Crippen molar-refractivity contribution in [3.63, 3.8) is 0 Å². The Balaban J connectivity index is 2.40. The molecule has 0 N–H and O–H groups in total. The van der Waals surface area contributed by atoms with E-state index in [9.17, 15) is 9.59 Å². The van der Waals surface area contributed by atoms with Crippen LogP contribution >= 0.6 is 11.8 Å². The Hall–Kier alpha value is -1.69. The van der Waals surface area contributed by atoms with Gasteiger partial charge in [-0.05, 0) is 51.5 Å². The Morgan fingerprint density at radius 2 is 1.92 bits per heavy atom. The smallest absolute Gasteiger partial charge is 0.410 e. The number of carbonyl (C=O) groups excluding carboxylic acids is 2. The first-order valence-electron chi connectivity index (χ1n) is 9.16. The summed E-state index contributed by atoms with van der Waals surface area (Å²) in [5.74, 6) is 0.293. The zero-order valence-corrected chi connectivity index (χ0v) is 17.1. The van der Waals surface area contributed by atoms with Gasteiger partial charge in [-0.1, -0.05) is 25.1 Å². The second-order valence-corrected chi connectivity index (χ2v) is 8.54. The lowest BCUT2D eigenvalue weighted by atomic mass is 9.93. The number of carbonyl (C=O) groups is 2. The fourth-order valence-corrected chi connectivity index (χ4v) is 4.05. The number of esters is 1. The van der Waals surface area contributed by atoms with Gasteiger partial charge in [-0.15, -0.1) is 11.8 Å². The monoisotopic (exact) mass is 379 g/mol. The lowest BCUT2D eigenvalue weighted by molar-refractivity contribution is -0.148. The number of likely N-dealkylation sites (tertiary alicyclic amines) is 1. The molecule has 0 aromatic heterocycles. The minimum absolute atomic E-state index is 0.250. The summed E-state index contributed by atoms with van der Waals surface area (Å²) in [6.07, 6.45) is 0.194. The molecule has 1 fully saturated rings. The average molecular weight is 380 g/mol. The van der Waals surface area contributed by atoms with Crippen molar-refractivity contribution >= 4 is 23.8 Å². The summed E-state index contributed by atoms with van der Waals surface area (Å²) < 4.78 is 10.9. The molecule has 2 rings (SSSR count). The Morgan fingerprint density at radius 3 is 2.54 bits per heavy atom. The van der Waals surface area contributed by atoms with E-state index in [2.05, 4.69) is 6.92 Å². The summed E-state index contributed by atoms with van der Waals surface area (Å²) in [6, 6.07) is 7.60. The lowest BCUT2D eigenvalue weighted by Gasteiger charge is -2.31. The van der Waals surface area contributed by atoms with Gasteiger partial charge in [0.15, 0.2) is 0 Å². The van der Waals surface area contributed by atoms with Gasteiger partial charge in [0.05, 0.1) is 18.6 Å². The number of hydrogen-bond acceptors (Lipinski definition) is 5. The van der Waals surface area contributed by atoms with Gasteiger partial charge in [0.2, 0.25) is 0 Å². The van der Waals surface area contributed by atoms with E-state index in [1.807, 2.05) is 45.0 Å². The van der Waals surface area contributed by atoms with Crippen molar-refractivity contribution < 1.29 is 19.1 Å². The summed E-state index contributed by atoms with van der Waals surface area (Å²) in [7, 11) is 0. The normalized spacial score (nSPS) is 20.1. The number of thioether (sulfide) groups is 1. The van der Waals surface area contributed by atoms with Crippen LogP contribution in [0.25, 0.3) is 0 Å². The maximum absolute atomic E-state index is 12.8. The molecular formula is C20H29NO4S. The minimum atomic E-state index is -0.582. The van der Waals surface area contributed by atoms with Crippen LogP contribution in [0, 0.1) is 5.92 Å². The van der Waals surface area contributed by atoms with Crippen molar-refractivity contribution in [1.29, 1.82) is 0 Å². The molecule has 1 heterocycles. The maximum atomic E-state index is 12.8. The average Bonchev–Trinajstić information content (AvgIpc) is 2.99. The van der Waals surface area contributed by atoms with E-state index in [0.29, 0.717) is 19.6 Å². The van der Waals surface area contributed by atoms with Crippen LogP contribution in [0.15, 0.2) is 29.2 Å². The molecule has 0 saturated carbocycles. The van der Waals surface area contributed by atoms with Gasteiger partial charge in [-0.2, -0.15) is 0 Å². The molecular weight excluding hydrogens is 350 g/mol. The van der Waals surface area contributed by atoms with Crippen LogP contribution in [-0.4, -0.2) is 41.5 Å². The third-order valence-electron chi connectivity index (χ3n) is 4.15. The molecule has 0 aliphatic carbocycles. The number of amides is 1. The van der Waals surface area contributed by atoms with Crippen molar-refractivity contribution in [3.8, 4) is 0 Å². The number of benzene rings is 1. The topological polar surface area (TPSA) is 55.8 Å². The number of hydrogen-bond donors (Lipinski definition) is 0. The highest BCUT2D eigenvalue weighted by molar-refractivity contribution is 7.99. The van der Waals surface area contributed by atoms with Crippen LogP contribution in [0.2, 0.25) is 0 Å². The Labute approximate surface area is 160 Å². The highest BCUT2D eigenvalue weighted by atomic mass is 32.2. The Kier molecular flexibility index (Phi) is 6.98. The lowest BCUT2D eigenvalue weighted by Crippen LogP contribution is -2.38. The maximum Gasteiger partial charge on any atom is 0.410 e. The molecule has 0 unspecified atom stereocenters. The van der Waals surface area contributed by atoms with E-state index >= 15 is 0 Å². The number of nitrogens with zero attached hydrogens (tertiary/aromatic N) is 1. The first kappa shape index (κ1) is 20.6. The van der Waals surface area contributed by atoms with Gasteiger partial charge < -0.3 is 14.4 Å². The summed E-state index contributed by atoms with van der Waals surface area (Å²) >= 11 is 1.71. The van der Waals surface area contributed by atoms with Crippen molar-refractivity contribution in [2.75, 3.05) is 18.9 Å². The van der Waals surface area contributed by atoms with Crippen LogP contribution in [0.1, 0.15) is 52.6 Å². The van der Waals surface area contributed by atoms with E-state index in [-0.39, 0.29) is 24.0 Å². The van der Waals surface area contributed by atoms with Crippen LogP contribution in [0.4, 0.5) is 4.79 Å². The van der Waals surface area contributed by atoms with E-state index in [0.717, 1.165) is 16.2 Å². The molecule has 1 aromatic carbocycles. The highest BCUT2D eigenvalue weighted by Gasteiger charge is 2.45. The molecule has 26 heavy (non-hydrogen) atoms.